The molecule has 2 unspecified atom stereocenters. The van der Waals surface area contributed by atoms with Crippen LogP contribution < -0.4 is 5.73 Å². The first-order chi connectivity index (χ1) is 10.1. The Labute approximate surface area is 127 Å². The third kappa shape index (κ3) is 3.02. The fourth-order valence-electron chi connectivity index (χ4n) is 3.46. The van der Waals surface area contributed by atoms with Crippen molar-refractivity contribution < 1.29 is 0 Å². The summed E-state index contributed by atoms with van der Waals surface area (Å²) in [4.78, 5) is 2.53. The molecular weight excluding hydrogens is 256 g/mol. The average Bonchev–Trinajstić information content (AvgIpc) is 2.47. The Morgan fingerprint density at radius 1 is 1.05 bits per heavy atom. The number of nitrogens with zero attached hydrogens (tertiary/aromatic N) is 1. The topological polar surface area (TPSA) is 29.3 Å². The van der Waals surface area contributed by atoms with Gasteiger partial charge in [0.1, 0.15) is 0 Å². The fourth-order valence-corrected chi connectivity index (χ4v) is 3.46. The van der Waals surface area contributed by atoms with Gasteiger partial charge in [0.15, 0.2) is 0 Å². The molecule has 2 N–H and O–H groups in total. The van der Waals surface area contributed by atoms with E-state index in [0.29, 0.717) is 6.04 Å². The molecule has 2 aromatic carbocycles. The van der Waals surface area contributed by atoms with Crippen LogP contribution in [0, 0.1) is 6.92 Å². The Bertz CT molecular complexity index is 618. The van der Waals surface area contributed by atoms with E-state index < -0.39 is 0 Å². The highest BCUT2D eigenvalue weighted by atomic mass is 15.2. The van der Waals surface area contributed by atoms with Gasteiger partial charge < -0.3 is 5.73 Å². The quantitative estimate of drug-likeness (QED) is 0.933. The molecule has 0 saturated heterocycles. The van der Waals surface area contributed by atoms with E-state index in [4.69, 9.17) is 5.73 Å². The van der Waals surface area contributed by atoms with Gasteiger partial charge in [-0.05, 0) is 37.0 Å². The van der Waals surface area contributed by atoms with Gasteiger partial charge in [-0.1, -0.05) is 54.1 Å². The highest BCUT2D eigenvalue weighted by molar-refractivity contribution is 5.31. The molecule has 0 bridgehead atoms. The van der Waals surface area contributed by atoms with Crippen molar-refractivity contribution in [3.8, 4) is 0 Å². The van der Waals surface area contributed by atoms with Crippen molar-refractivity contribution in [2.24, 2.45) is 5.73 Å². The van der Waals surface area contributed by atoms with E-state index in [1.54, 1.807) is 0 Å². The number of hydrogen-bond donors (Lipinski definition) is 1. The molecule has 110 valence electrons. The summed E-state index contributed by atoms with van der Waals surface area (Å²) in [6.07, 6.45) is 1.12. The highest BCUT2D eigenvalue weighted by Gasteiger charge is 2.27. The zero-order chi connectivity index (χ0) is 14.8. The molecule has 1 aliphatic heterocycles. The summed E-state index contributed by atoms with van der Waals surface area (Å²) in [7, 11) is 0. The van der Waals surface area contributed by atoms with Gasteiger partial charge in [-0.3, -0.25) is 4.90 Å². The molecule has 0 fully saturated rings. The van der Waals surface area contributed by atoms with E-state index >= 15 is 0 Å². The van der Waals surface area contributed by atoms with Crippen LogP contribution in [0.3, 0.4) is 0 Å². The Morgan fingerprint density at radius 2 is 1.81 bits per heavy atom. The predicted octanol–water partition coefficient (Wildman–Crippen LogP) is 3.44. The van der Waals surface area contributed by atoms with Crippen LogP contribution >= 0.6 is 0 Å². The molecule has 21 heavy (non-hydrogen) atoms. The van der Waals surface area contributed by atoms with Crippen molar-refractivity contribution >= 4 is 0 Å². The number of nitrogens with two attached hydrogens (primary N) is 1. The molecule has 0 saturated carbocycles. The Balaban J connectivity index is 1.89. The van der Waals surface area contributed by atoms with E-state index in [1.807, 2.05) is 0 Å². The lowest BCUT2D eigenvalue weighted by atomic mass is 9.93. The summed E-state index contributed by atoms with van der Waals surface area (Å²) in [5.74, 6) is 0. The van der Waals surface area contributed by atoms with Gasteiger partial charge in [0.2, 0.25) is 0 Å². The smallest absolute Gasteiger partial charge is 0.0500 e. The third-order valence-corrected chi connectivity index (χ3v) is 4.44. The van der Waals surface area contributed by atoms with Crippen molar-refractivity contribution in [3.05, 3.63) is 70.8 Å². The minimum atomic E-state index is 0.122. The van der Waals surface area contributed by atoms with Crippen molar-refractivity contribution in [3.63, 3.8) is 0 Å². The molecule has 2 nitrogen and oxygen atoms in total. The normalized spacial score (nSPS) is 18.0. The lowest BCUT2D eigenvalue weighted by molar-refractivity contribution is 0.159. The third-order valence-electron chi connectivity index (χ3n) is 4.44. The number of benzene rings is 2. The second-order valence-corrected chi connectivity index (χ2v) is 6.21. The molecule has 1 aliphatic rings. The van der Waals surface area contributed by atoms with E-state index in [2.05, 4.69) is 67.3 Å². The molecule has 2 atom stereocenters. The number of fused-ring (bicyclic) bond motifs is 1. The lowest BCUT2D eigenvalue weighted by Gasteiger charge is -2.38. The number of rotatable bonds is 3. The summed E-state index contributed by atoms with van der Waals surface area (Å²) in [5.41, 5.74) is 11.9. The van der Waals surface area contributed by atoms with E-state index in [1.165, 1.54) is 22.3 Å². The van der Waals surface area contributed by atoms with Crippen molar-refractivity contribution in [1.29, 1.82) is 0 Å². The second-order valence-electron chi connectivity index (χ2n) is 6.21. The monoisotopic (exact) mass is 280 g/mol. The van der Waals surface area contributed by atoms with Crippen LogP contribution in [0.5, 0.6) is 0 Å². The van der Waals surface area contributed by atoms with E-state index in [-0.39, 0.29) is 6.04 Å². The van der Waals surface area contributed by atoms with Gasteiger partial charge in [-0.15, -0.1) is 0 Å². The summed E-state index contributed by atoms with van der Waals surface area (Å²) < 4.78 is 0. The Kier molecular flexibility index (Phi) is 4.09. The standard InChI is InChI=1S/C19H24N2/c1-14-6-5-9-17(12-14)19(15(2)20)21-11-10-16-7-3-4-8-18(16)13-21/h3-9,12,15,19H,10-11,13,20H2,1-2H3. The Hall–Kier alpha value is -1.64. The zero-order valence-electron chi connectivity index (χ0n) is 12.9. The van der Waals surface area contributed by atoms with Crippen LogP contribution in [0.1, 0.15) is 35.2 Å². The first-order valence-corrected chi connectivity index (χ1v) is 7.78. The van der Waals surface area contributed by atoms with Crippen LogP contribution in [0.4, 0.5) is 0 Å². The summed E-state index contributed by atoms with van der Waals surface area (Å²) in [6.45, 7) is 6.34. The van der Waals surface area contributed by atoms with Crippen LogP contribution in [0.25, 0.3) is 0 Å². The van der Waals surface area contributed by atoms with Crippen LogP contribution in [0.2, 0.25) is 0 Å². The van der Waals surface area contributed by atoms with Gasteiger partial charge in [0, 0.05) is 25.2 Å². The van der Waals surface area contributed by atoms with Gasteiger partial charge in [-0.2, -0.15) is 0 Å². The Morgan fingerprint density at radius 3 is 2.52 bits per heavy atom. The summed E-state index contributed by atoms with van der Waals surface area (Å²) >= 11 is 0. The van der Waals surface area contributed by atoms with Gasteiger partial charge in [0.25, 0.3) is 0 Å². The van der Waals surface area contributed by atoms with Crippen LogP contribution in [0.15, 0.2) is 48.5 Å². The molecule has 2 aromatic rings. The molecule has 2 heteroatoms. The van der Waals surface area contributed by atoms with Crippen LogP contribution in [-0.2, 0) is 13.0 Å². The summed E-state index contributed by atoms with van der Waals surface area (Å²) in [6, 6.07) is 17.9. The first-order valence-electron chi connectivity index (χ1n) is 7.78. The van der Waals surface area contributed by atoms with Crippen molar-refractivity contribution in [2.75, 3.05) is 6.54 Å². The van der Waals surface area contributed by atoms with Gasteiger partial charge >= 0.3 is 0 Å². The van der Waals surface area contributed by atoms with E-state index in [9.17, 15) is 0 Å². The molecular formula is C19H24N2. The van der Waals surface area contributed by atoms with Crippen molar-refractivity contribution in [1.82, 2.24) is 4.90 Å². The van der Waals surface area contributed by atoms with Crippen molar-refractivity contribution in [2.45, 2.75) is 38.9 Å². The second kappa shape index (κ2) is 6.00. The predicted molar refractivity (Wildman–Crippen MR) is 88.1 cm³/mol. The largest absolute Gasteiger partial charge is 0.326 e. The molecule has 0 aliphatic carbocycles. The summed E-state index contributed by atoms with van der Waals surface area (Å²) in [5, 5.41) is 0. The minimum Gasteiger partial charge on any atom is -0.326 e. The molecule has 0 amide bonds. The SMILES string of the molecule is Cc1cccc(C(C(C)N)N2CCc3ccccc3C2)c1. The van der Waals surface area contributed by atoms with E-state index in [0.717, 1.165) is 19.5 Å². The highest BCUT2D eigenvalue weighted by Crippen LogP contribution is 2.30. The molecule has 1 heterocycles. The molecule has 0 aromatic heterocycles. The minimum absolute atomic E-state index is 0.122. The maximum absolute atomic E-state index is 6.33. The first kappa shape index (κ1) is 14.3. The average molecular weight is 280 g/mol. The maximum Gasteiger partial charge on any atom is 0.0500 e. The fraction of sp³-hybridized carbons (Fsp3) is 0.368. The number of aryl methyl sites for hydroxylation is 1. The number of hydrogen-bond acceptors (Lipinski definition) is 2. The van der Waals surface area contributed by atoms with Gasteiger partial charge in [-0.25, -0.2) is 0 Å². The molecule has 0 radical (unpaired) electrons. The maximum atomic E-state index is 6.33. The molecule has 0 spiro atoms. The van der Waals surface area contributed by atoms with Gasteiger partial charge in [0.05, 0.1) is 0 Å². The zero-order valence-corrected chi connectivity index (χ0v) is 12.9. The lowest BCUT2D eigenvalue weighted by Crippen LogP contribution is -2.42. The molecule has 3 rings (SSSR count). The van der Waals surface area contributed by atoms with Crippen LogP contribution in [-0.4, -0.2) is 17.5 Å².